The molecule has 0 aromatic carbocycles. The van der Waals surface area contributed by atoms with Gasteiger partial charge in [-0.1, -0.05) is 79.9 Å². The summed E-state index contributed by atoms with van der Waals surface area (Å²) in [6, 6.07) is -2.14. The summed E-state index contributed by atoms with van der Waals surface area (Å²) in [7, 11) is 1.77. The largest absolute Gasteiger partial charge is 0.343 e. The molecule has 246 valence electrons. The molecule has 1 heterocycles. The molecule has 6 N–H and O–H groups in total. The quantitative estimate of drug-likeness (QED) is 0.189. The zero-order valence-electron chi connectivity index (χ0n) is 28.3. The summed E-state index contributed by atoms with van der Waals surface area (Å²) in [5.41, 5.74) is 11.8. The van der Waals surface area contributed by atoms with E-state index in [4.69, 9.17) is 5.73 Å². The van der Waals surface area contributed by atoms with Crippen LogP contribution in [-0.2, 0) is 14.4 Å². The fraction of sp³-hybridized carbons (Fsp3) is 0.800. The topological polar surface area (TPSA) is 129 Å². The minimum Gasteiger partial charge on any atom is -0.343 e. The lowest BCUT2D eigenvalue weighted by Gasteiger charge is -2.40. The predicted molar refractivity (Wildman–Crippen MR) is 174 cm³/mol. The molecule has 0 radical (unpaired) electrons. The maximum absolute atomic E-state index is 14.7. The summed E-state index contributed by atoms with van der Waals surface area (Å²) >= 11 is 0. The van der Waals surface area contributed by atoms with Crippen molar-refractivity contribution in [1.82, 2.24) is 26.4 Å². The molecule has 2 spiro atoms. The van der Waals surface area contributed by atoms with Gasteiger partial charge >= 0.3 is 0 Å². The molecule has 3 amide bonds. The van der Waals surface area contributed by atoms with E-state index in [-0.39, 0.29) is 45.3 Å². The molecule has 0 aromatic rings. The van der Waals surface area contributed by atoms with Gasteiger partial charge < -0.3 is 26.7 Å². The van der Waals surface area contributed by atoms with Crippen molar-refractivity contribution in [3.63, 3.8) is 0 Å². The van der Waals surface area contributed by atoms with Crippen LogP contribution >= 0.6 is 0 Å². The highest BCUT2D eigenvalue weighted by Crippen LogP contribution is 2.88. The number of nitrogens with zero attached hydrogens (tertiary/aromatic N) is 1. The highest BCUT2D eigenvalue weighted by molar-refractivity contribution is 5.95. The van der Waals surface area contributed by atoms with Crippen LogP contribution in [0.4, 0.5) is 0 Å². The third kappa shape index (κ3) is 4.74. The van der Waals surface area contributed by atoms with Gasteiger partial charge in [0.05, 0.1) is 11.6 Å². The lowest BCUT2D eigenvalue weighted by atomic mass is 9.70. The normalized spacial score (nSPS) is 34.0. The first-order chi connectivity index (χ1) is 20.5. The van der Waals surface area contributed by atoms with Gasteiger partial charge in [-0.3, -0.25) is 14.4 Å². The summed E-state index contributed by atoms with van der Waals surface area (Å²) in [4.78, 5) is 44.6. The second-order valence-electron chi connectivity index (χ2n) is 16.7. The average Bonchev–Trinajstić information content (AvgIpc) is 3.65. The molecule has 4 aliphatic carbocycles. The number of hydrogen-bond donors (Lipinski definition) is 5. The standard InChI is InChI=1S/C35H58N6O3/c1-10-23-19-35(23,22(2)40-37-9)39-27(42)24-20-34(31(6,7)33(34)17-14-18-33)21-41(24)29(44)26(30(3,4)5)38-28(43)25(36)32(8)15-12-11-13-16-32/h10,23-26,37,40H,1-2,11-21,36H2,3-9H3,(H,38,43)(H,39,42)/t23-,24?,25?,26-,34?,35+/m1/s1. The third-order valence-electron chi connectivity index (χ3n) is 13.3. The minimum atomic E-state index is -0.811. The molecule has 9 nitrogen and oxygen atoms in total. The maximum atomic E-state index is 14.7. The molecule has 4 saturated carbocycles. The number of carbonyl (C=O) groups is 3. The number of carbonyl (C=O) groups excluding carboxylic acids is 3. The van der Waals surface area contributed by atoms with Crippen LogP contribution in [0.1, 0.15) is 106 Å². The Balaban J connectivity index is 1.43. The molecule has 1 aliphatic heterocycles. The molecule has 5 rings (SSSR count). The van der Waals surface area contributed by atoms with Crippen LogP contribution in [-0.4, -0.2) is 59.9 Å². The number of fused-ring (bicyclic) bond motifs is 1. The lowest BCUT2D eigenvalue weighted by Crippen LogP contribution is -2.62. The predicted octanol–water partition coefficient (Wildman–Crippen LogP) is 3.91. The van der Waals surface area contributed by atoms with Crippen LogP contribution in [0.5, 0.6) is 0 Å². The van der Waals surface area contributed by atoms with Crippen LogP contribution in [0, 0.1) is 33.0 Å². The van der Waals surface area contributed by atoms with Crippen molar-refractivity contribution in [2.75, 3.05) is 13.6 Å². The molecule has 3 unspecified atom stereocenters. The maximum Gasteiger partial charge on any atom is 0.246 e. The number of hydrogen-bond acceptors (Lipinski definition) is 6. The van der Waals surface area contributed by atoms with E-state index >= 15 is 0 Å². The molecule has 0 bridgehead atoms. The van der Waals surface area contributed by atoms with Crippen LogP contribution in [0.25, 0.3) is 0 Å². The van der Waals surface area contributed by atoms with E-state index in [0.717, 1.165) is 44.9 Å². The zero-order chi connectivity index (χ0) is 32.5. The number of likely N-dealkylation sites (tertiary alicyclic amines) is 1. The van der Waals surface area contributed by atoms with Gasteiger partial charge in [0.25, 0.3) is 0 Å². The number of nitrogens with one attached hydrogen (secondary N) is 4. The van der Waals surface area contributed by atoms with Gasteiger partial charge in [-0.15, -0.1) is 6.58 Å². The first-order valence-electron chi connectivity index (χ1n) is 16.9. The zero-order valence-corrected chi connectivity index (χ0v) is 28.3. The van der Waals surface area contributed by atoms with Crippen LogP contribution in [0.2, 0.25) is 0 Å². The Morgan fingerprint density at radius 3 is 2.09 bits per heavy atom. The number of rotatable bonds is 10. The second kappa shape index (κ2) is 10.9. The van der Waals surface area contributed by atoms with Crippen LogP contribution < -0.4 is 27.2 Å². The Labute approximate surface area is 264 Å². The van der Waals surface area contributed by atoms with Gasteiger partial charge in [0.15, 0.2) is 0 Å². The molecule has 5 fully saturated rings. The van der Waals surface area contributed by atoms with Gasteiger partial charge in [0.1, 0.15) is 12.1 Å². The van der Waals surface area contributed by atoms with Crippen molar-refractivity contribution in [3.05, 3.63) is 24.9 Å². The Hall–Kier alpha value is -2.39. The molecule has 6 atom stereocenters. The molecular weight excluding hydrogens is 552 g/mol. The summed E-state index contributed by atoms with van der Waals surface area (Å²) in [5.74, 6) is -0.585. The van der Waals surface area contributed by atoms with E-state index in [9.17, 15) is 14.4 Å². The van der Waals surface area contributed by atoms with Gasteiger partial charge in [0.2, 0.25) is 17.7 Å². The number of hydrazine groups is 1. The van der Waals surface area contributed by atoms with E-state index in [1.807, 2.05) is 26.8 Å². The molecule has 0 aromatic heterocycles. The fourth-order valence-corrected chi connectivity index (χ4v) is 9.80. The molecule has 44 heavy (non-hydrogen) atoms. The molecule has 9 heteroatoms. The molecule has 1 saturated heterocycles. The van der Waals surface area contributed by atoms with Crippen molar-refractivity contribution in [2.45, 2.75) is 129 Å². The van der Waals surface area contributed by atoms with Crippen LogP contribution in [0.15, 0.2) is 24.9 Å². The van der Waals surface area contributed by atoms with Gasteiger partial charge in [-0.25, -0.2) is 5.43 Å². The van der Waals surface area contributed by atoms with Gasteiger partial charge in [-0.2, -0.15) is 0 Å². The van der Waals surface area contributed by atoms with E-state index in [2.05, 4.69) is 55.4 Å². The van der Waals surface area contributed by atoms with Gasteiger partial charge in [0, 0.05) is 30.6 Å². The average molecular weight is 611 g/mol. The smallest absolute Gasteiger partial charge is 0.246 e. The minimum absolute atomic E-state index is 0.0302. The van der Waals surface area contributed by atoms with E-state index in [1.165, 1.54) is 6.42 Å². The highest BCUT2D eigenvalue weighted by Gasteiger charge is 2.85. The summed E-state index contributed by atoms with van der Waals surface area (Å²) < 4.78 is 0. The summed E-state index contributed by atoms with van der Waals surface area (Å²) in [6.45, 7) is 21.3. The van der Waals surface area contributed by atoms with E-state index < -0.39 is 29.1 Å². The molecule has 5 aliphatic rings. The van der Waals surface area contributed by atoms with Crippen molar-refractivity contribution >= 4 is 17.7 Å². The Morgan fingerprint density at radius 1 is 0.977 bits per heavy atom. The van der Waals surface area contributed by atoms with Gasteiger partial charge in [-0.05, 0) is 60.2 Å². The number of nitrogens with two attached hydrogens (primary N) is 1. The van der Waals surface area contributed by atoms with E-state index in [1.54, 1.807) is 11.9 Å². The highest BCUT2D eigenvalue weighted by atomic mass is 16.2. The van der Waals surface area contributed by atoms with Crippen molar-refractivity contribution in [3.8, 4) is 0 Å². The monoisotopic (exact) mass is 610 g/mol. The number of amides is 3. The summed E-state index contributed by atoms with van der Waals surface area (Å²) in [5, 5.41) is 6.42. The first kappa shape index (κ1) is 33.0. The molecular formula is C35H58N6O3. The van der Waals surface area contributed by atoms with E-state index in [0.29, 0.717) is 25.1 Å². The Morgan fingerprint density at radius 2 is 1.61 bits per heavy atom. The Kier molecular flexibility index (Phi) is 8.14. The van der Waals surface area contributed by atoms with Crippen molar-refractivity contribution < 1.29 is 14.4 Å². The summed E-state index contributed by atoms with van der Waals surface area (Å²) in [6.07, 6.45) is 11.7. The first-order valence-corrected chi connectivity index (χ1v) is 16.9. The SMILES string of the molecule is C=C[C@@H]1C[C@]1(NC(=O)C1CC2(CN1C(=O)[C@@H](NC(=O)C(N)C1(C)CCCCC1)C(C)(C)C)C(C)(C)C21CCC1)C(=C)NNC. The second-order valence-corrected chi connectivity index (χ2v) is 16.7. The van der Waals surface area contributed by atoms with Crippen molar-refractivity contribution in [1.29, 1.82) is 0 Å². The van der Waals surface area contributed by atoms with Crippen LogP contribution in [0.3, 0.4) is 0 Å². The fourth-order valence-electron chi connectivity index (χ4n) is 9.80. The third-order valence-corrected chi connectivity index (χ3v) is 13.3. The lowest BCUT2D eigenvalue weighted by molar-refractivity contribution is -0.144. The Bertz CT molecular complexity index is 1210. The van der Waals surface area contributed by atoms with Crippen molar-refractivity contribution in [2.24, 2.45) is 38.7 Å².